The van der Waals surface area contributed by atoms with Crippen molar-refractivity contribution in [2.24, 2.45) is 5.92 Å². The van der Waals surface area contributed by atoms with Gasteiger partial charge in [-0.1, -0.05) is 42.3 Å². The maximum atomic E-state index is 3.71. The quantitative estimate of drug-likeness (QED) is 0.357. The predicted molar refractivity (Wildman–Crippen MR) is 56.2 cm³/mol. The first-order chi connectivity index (χ1) is 5.16. The molecule has 0 rings (SSSR count). The van der Waals surface area contributed by atoms with Gasteiger partial charge in [0.25, 0.3) is 0 Å². The second-order valence-electron chi connectivity index (χ2n) is 3.34. The molecule has 0 fully saturated rings. The molecule has 66 valence electrons. The molecular formula is C10H19Br. The highest BCUT2D eigenvalue weighted by atomic mass is 79.9. The molecule has 2 unspecified atom stereocenters. The third-order valence-corrected chi connectivity index (χ3v) is 2.21. The van der Waals surface area contributed by atoms with E-state index in [2.05, 4.69) is 36.4 Å². The van der Waals surface area contributed by atoms with Crippen LogP contribution in [-0.4, -0.2) is 4.83 Å². The van der Waals surface area contributed by atoms with E-state index in [1.807, 2.05) is 6.08 Å². The van der Waals surface area contributed by atoms with Crippen LogP contribution in [0.15, 0.2) is 12.7 Å². The van der Waals surface area contributed by atoms with Crippen molar-refractivity contribution in [3.05, 3.63) is 12.7 Å². The summed E-state index contributed by atoms with van der Waals surface area (Å²) >= 11 is 3.56. The van der Waals surface area contributed by atoms with Gasteiger partial charge in [-0.3, -0.25) is 0 Å². The largest absolute Gasteiger partial charge is 0.103 e. The lowest BCUT2D eigenvalue weighted by Crippen LogP contribution is -2.01. The maximum absolute atomic E-state index is 3.71. The topological polar surface area (TPSA) is 0 Å². The summed E-state index contributed by atoms with van der Waals surface area (Å²) < 4.78 is 0. The van der Waals surface area contributed by atoms with E-state index in [4.69, 9.17) is 0 Å². The lowest BCUT2D eigenvalue weighted by Gasteiger charge is -2.11. The van der Waals surface area contributed by atoms with Gasteiger partial charge in [-0.15, -0.1) is 6.58 Å². The van der Waals surface area contributed by atoms with Crippen LogP contribution >= 0.6 is 15.9 Å². The molecule has 0 nitrogen and oxygen atoms in total. The SMILES string of the molecule is C=CCCCC(C)CC(C)Br. The van der Waals surface area contributed by atoms with E-state index in [1.54, 1.807) is 0 Å². The number of hydrogen-bond donors (Lipinski definition) is 0. The zero-order valence-corrected chi connectivity index (χ0v) is 9.23. The molecule has 11 heavy (non-hydrogen) atoms. The standard InChI is InChI=1S/C10H19Br/c1-4-5-6-7-9(2)8-10(3)11/h4,9-10H,1,5-8H2,2-3H3. The molecule has 0 heterocycles. The van der Waals surface area contributed by atoms with Gasteiger partial charge in [-0.05, 0) is 25.2 Å². The van der Waals surface area contributed by atoms with Crippen LogP contribution in [0.25, 0.3) is 0 Å². The molecule has 0 aromatic rings. The number of allylic oxidation sites excluding steroid dienone is 1. The molecule has 0 saturated carbocycles. The average Bonchev–Trinajstić information content (AvgIpc) is 1.86. The number of unbranched alkanes of at least 4 members (excludes halogenated alkanes) is 1. The van der Waals surface area contributed by atoms with Crippen molar-refractivity contribution in [2.45, 2.75) is 44.4 Å². The molecule has 0 aromatic carbocycles. The van der Waals surface area contributed by atoms with E-state index in [1.165, 1.54) is 25.7 Å². The molecule has 0 saturated heterocycles. The van der Waals surface area contributed by atoms with Crippen LogP contribution in [0.1, 0.15) is 39.5 Å². The van der Waals surface area contributed by atoms with Crippen LogP contribution in [-0.2, 0) is 0 Å². The van der Waals surface area contributed by atoms with Crippen molar-refractivity contribution < 1.29 is 0 Å². The molecule has 0 radical (unpaired) electrons. The lowest BCUT2D eigenvalue weighted by molar-refractivity contribution is 0.479. The summed E-state index contributed by atoms with van der Waals surface area (Å²) in [5.74, 6) is 0.851. The van der Waals surface area contributed by atoms with E-state index >= 15 is 0 Å². The van der Waals surface area contributed by atoms with E-state index < -0.39 is 0 Å². The first-order valence-electron chi connectivity index (χ1n) is 4.41. The van der Waals surface area contributed by atoms with E-state index in [0.29, 0.717) is 4.83 Å². The fourth-order valence-electron chi connectivity index (χ4n) is 1.28. The van der Waals surface area contributed by atoms with Crippen molar-refractivity contribution >= 4 is 15.9 Å². The minimum atomic E-state index is 0.668. The summed E-state index contributed by atoms with van der Waals surface area (Å²) in [5, 5.41) is 0. The monoisotopic (exact) mass is 218 g/mol. The Labute approximate surface area is 79.2 Å². The lowest BCUT2D eigenvalue weighted by atomic mass is 9.99. The molecule has 0 spiro atoms. The Morgan fingerprint density at radius 3 is 2.55 bits per heavy atom. The Bertz CT molecular complexity index is 97.0. The zero-order valence-electron chi connectivity index (χ0n) is 7.65. The molecular weight excluding hydrogens is 200 g/mol. The Kier molecular flexibility index (Phi) is 7.04. The molecule has 1 heteroatoms. The molecule has 2 atom stereocenters. The highest BCUT2D eigenvalue weighted by Gasteiger charge is 2.04. The third kappa shape index (κ3) is 8.12. The van der Waals surface area contributed by atoms with Crippen LogP contribution < -0.4 is 0 Å². The minimum Gasteiger partial charge on any atom is -0.103 e. The van der Waals surface area contributed by atoms with Gasteiger partial charge < -0.3 is 0 Å². The number of hydrogen-bond acceptors (Lipinski definition) is 0. The number of rotatable bonds is 6. The van der Waals surface area contributed by atoms with Gasteiger partial charge in [0.05, 0.1) is 0 Å². The molecule has 0 bridgehead atoms. The Hall–Kier alpha value is 0.220. The predicted octanol–water partition coefficient (Wildman–Crippen LogP) is 4.15. The summed E-state index contributed by atoms with van der Waals surface area (Å²) in [6.07, 6.45) is 7.09. The van der Waals surface area contributed by atoms with Gasteiger partial charge >= 0.3 is 0 Å². The van der Waals surface area contributed by atoms with Gasteiger partial charge in [0.15, 0.2) is 0 Å². The van der Waals surface area contributed by atoms with Crippen LogP contribution in [0.2, 0.25) is 0 Å². The summed E-state index contributed by atoms with van der Waals surface area (Å²) in [5.41, 5.74) is 0. The van der Waals surface area contributed by atoms with Gasteiger partial charge in [-0.25, -0.2) is 0 Å². The highest BCUT2D eigenvalue weighted by molar-refractivity contribution is 9.09. The van der Waals surface area contributed by atoms with Crippen molar-refractivity contribution in [1.29, 1.82) is 0 Å². The zero-order chi connectivity index (χ0) is 8.69. The molecule has 0 aromatic heterocycles. The summed E-state index contributed by atoms with van der Waals surface area (Å²) in [7, 11) is 0. The fraction of sp³-hybridized carbons (Fsp3) is 0.800. The molecule has 0 aliphatic heterocycles. The van der Waals surface area contributed by atoms with Crippen LogP contribution in [0.4, 0.5) is 0 Å². The second kappa shape index (κ2) is 6.90. The van der Waals surface area contributed by atoms with Crippen molar-refractivity contribution in [3.63, 3.8) is 0 Å². The van der Waals surface area contributed by atoms with Crippen LogP contribution in [0, 0.1) is 5.92 Å². The van der Waals surface area contributed by atoms with Gasteiger partial charge in [0, 0.05) is 4.83 Å². The van der Waals surface area contributed by atoms with Crippen molar-refractivity contribution in [3.8, 4) is 0 Å². The molecule has 0 amide bonds. The molecule has 0 N–H and O–H groups in total. The first-order valence-corrected chi connectivity index (χ1v) is 5.33. The Morgan fingerprint density at radius 1 is 1.45 bits per heavy atom. The van der Waals surface area contributed by atoms with E-state index in [0.717, 1.165) is 5.92 Å². The summed E-state index contributed by atoms with van der Waals surface area (Å²) in [6, 6.07) is 0. The van der Waals surface area contributed by atoms with Crippen LogP contribution in [0.3, 0.4) is 0 Å². The number of halogens is 1. The molecule has 0 aliphatic rings. The smallest absolute Gasteiger partial charge is 0.0120 e. The second-order valence-corrected chi connectivity index (χ2v) is 4.90. The Balaban J connectivity index is 3.21. The third-order valence-electron chi connectivity index (χ3n) is 1.83. The van der Waals surface area contributed by atoms with Gasteiger partial charge in [0.2, 0.25) is 0 Å². The van der Waals surface area contributed by atoms with Gasteiger partial charge in [0.1, 0.15) is 0 Å². The normalized spacial score (nSPS) is 15.9. The Morgan fingerprint density at radius 2 is 2.09 bits per heavy atom. The summed E-state index contributed by atoms with van der Waals surface area (Å²) in [4.78, 5) is 0.668. The fourth-order valence-corrected chi connectivity index (χ4v) is 1.92. The highest BCUT2D eigenvalue weighted by Crippen LogP contribution is 2.17. The maximum Gasteiger partial charge on any atom is 0.0120 e. The number of alkyl halides is 1. The van der Waals surface area contributed by atoms with E-state index in [9.17, 15) is 0 Å². The molecule has 0 aliphatic carbocycles. The van der Waals surface area contributed by atoms with Crippen molar-refractivity contribution in [1.82, 2.24) is 0 Å². The first kappa shape index (κ1) is 11.2. The summed E-state index contributed by atoms with van der Waals surface area (Å²) in [6.45, 7) is 8.24. The van der Waals surface area contributed by atoms with Crippen LogP contribution in [0.5, 0.6) is 0 Å². The minimum absolute atomic E-state index is 0.668. The average molecular weight is 219 g/mol. The van der Waals surface area contributed by atoms with Crippen molar-refractivity contribution in [2.75, 3.05) is 0 Å². The van der Waals surface area contributed by atoms with Gasteiger partial charge in [-0.2, -0.15) is 0 Å². The van der Waals surface area contributed by atoms with E-state index in [-0.39, 0.29) is 0 Å².